The van der Waals surface area contributed by atoms with E-state index in [0.29, 0.717) is 25.0 Å². The van der Waals surface area contributed by atoms with E-state index in [0.717, 1.165) is 15.1 Å². The largest absolute Gasteiger partial charge is 0.475 e. The van der Waals surface area contributed by atoms with Crippen LogP contribution in [0.15, 0.2) is 6.07 Å². The molecule has 104 valence electrons. The van der Waals surface area contributed by atoms with Crippen LogP contribution in [0.2, 0.25) is 0 Å². The van der Waals surface area contributed by atoms with Gasteiger partial charge in [-0.1, -0.05) is 0 Å². The Morgan fingerprint density at radius 1 is 1.37 bits per heavy atom. The summed E-state index contributed by atoms with van der Waals surface area (Å²) in [4.78, 5) is 10.5. The summed E-state index contributed by atoms with van der Waals surface area (Å²) in [5.74, 6) is 6.25. The van der Waals surface area contributed by atoms with E-state index in [9.17, 15) is 0 Å². The topological polar surface area (TPSA) is 82.3 Å². The number of hydrazine groups is 1. The second-order valence-corrected chi connectivity index (χ2v) is 5.58. The molecule has 0 unspecified atom stereocenters. The molecule has 2 aromatic heterocycles. The average molecular weight is 282 g/mol. The third-order valence-corrected chi connectivity index (χ3v) is 3.33. The molecular formula is C12H18N4O2S. The zero-order chi connectivity index (χ0) is 13.8. The predicted molar refractivity (Wildman–Crippen MR) is 76.5 cm³/mol. The van der Waals surface area contributed by atoms with Crippen LogP contribution in [0.4, 0.5) is 5.95 Å². The maximum atomic E-state index is 5.66. The van der Waals surface area contributed by atoms with Gasteiger partial charge >= 0.3 is 0 Å². The molecule has 0 radical (unpaired) electrons. The van der Waals surface area contributed by atoms with Crippen LogP contribution in [-0.4, -0.2) is 29.3 Å². The number of nitrogen functional groups attached to an aromatic ring is 1. The molecule has 0 spiro atoms. The van der Waals surface area contributed by atoms with E-state index in [1.165, 1.54) is 0 Å². The fraction of sp³-hybridized carbons (Fsp3) is 0.500. The van der Waals surface area contributed by atoms with Crippen molar-refractivity contribution >= 4 is 27.5 Å². The molecule has 2 heterocycles. The Balaban J connectivity index is 2.15. The van der Waals surface area contributed by atoms with E-state index in [2.05, 4.69) is 15.4 Å². The smallest absolute Gasteiger partial charge is 0.241 e. The van der Waals surface area contributed by atoms with Gasteiger partial charge in [0.25, 0.3) is 0 Å². The van der Waals surface area contributed by atoms with Crippen LogP contribution in [0.1, 0.15) is 18.7 Å². The van der Waals surface area contributed by atoms with Gasteiger partial charge in [-0.3, -0.25) is 5.43 Å². The number of anilines is 1. The zero-order valence-electron chi connectivity index (χ0n) is 11.3. The molecule has 19 heavy (non-hydrogen) atoms. The molecule has 0 aliphatic rings. The van der Waals surface area contributed by atoms with E-state index in [4.69, 9.17) is 15.3 Å². The molecule has 0 amide bonds. The second kappa shape index (κ2) is 6.14. The number of nitrogens with zero attached hydrogens (tertiary/aromatic N) is 2. The molecule has 0 saturated heterocycles. The summed E-state index contributed by atoms with van der Waals surface area (Å²) in [6.45, 7) is 6.97. The quantitative estimate of drug-likeness (QED) is 0.479. The number of fused-ring (bicyclic) bond motifs is 1. The lowest BCUT2D eigenvalue weighted by Gasteiger charge is -2.10. The first-order chi connectivity index (χ1) is 9.10. The predicted octanol–water partition coefficient (Wildman–Crippen LogP) is 2.09. The third-order valence-electron chi connectivity index (χ3n) is 2.38. The number of aryl methyl sites for hydroxylation is 1. The van der Waals surface area contributed by atoms with Crippen molar-refractivity contribution < 1.29 is 9.47 Å². The number of rotatable bonds is 6. The SMILES string of the molecule is Cc1cc2c(OCCOC(C)C)nc(NN)nc2s1. The molecule has 6 nitrogen and oxygen atoms in total. The summed E-state index contributed by atoms with van der Waals surface area (Å²) in [6, 6.07) is 2.01. The van der Waals surface area contributed by atoms with Crippen molar-refractivity contribution in [3.8, 4) is 5.88 Å². The van der Waals surface area contributed by atoms with Gasteiger partial charge in [-0.2, -0.15) is 4.98 Å². The van der Waals surface area contributed by atoms with Crippen LogP contribution in [-0.2, 0) is 4.74 Å². The Bertz CT molecular complexity index is 556. The monoisotopic (exact) mass is 282 g/mol. The summed E-state index contributed by atoms with van der Waals surface area (Å²) in [5, 5.41) is 0.908. The van der Waals surface area contributed by atoms with Crippen molar-refractivity contribution in [1.29, 1.82) is 0 Å². The van der Waals surface area contributed by atoms with Crippen molar-refractivity contribution in [2.75, 3.05) is 18.6 Å². The van der Waals surface area contributed by atoms with Crippen molar-refractivity contribution in [3.63, 3.8) is 0 Å². The highest BCUT2D eigenvalue weighted by Crippen LogP contribution is 2.30. The number of aromatic nitrogens is 2. The number of nitrogens with two attached hydrogens (primary N) is 1. The van der Waals surface area contributed by atoms with Gasteiger partial charge in [-0.15, -0.1) is 11.3 Å². The summed E-state index contributed by atoms with van der Waals surface area (Å²) >= 11 is 1.58. The highest BCUT2D eigenvalue weighted by atomic mass is 32.1. The summed E-state index contributed by atoms with van der Waals surface area (Å²) in [6.07, 6.45) is 0.193. The molecule has 0 aliphatic heterocycles. The molecule has 3 N–H and O–H groups in total. The van der Waals surface area contributed by atoms with Crippen LogP contribution in [0, 0.1) is 6.92 Å². The molecule has 0 atom stereocenters. The first kappa shape index (κ1) is 14.0. The Kier molecular flexibility index (Phi) is 4.52. The minimum atomic E-state index is 0.193. The van der Waals surface area contributed by atoms with E-state index in [1.54, 1.807) is 11.3 Å². The van der Waals surface area contributed by atoms with Crippen LogP contribution in [0.5, 0.6) is 5.88 Å². The lowest BCUT2D eigenvalue weighted by molar-refractivity contribution is 0.0546. The maximum Gasteiger partial charge on any atom is 0.241 e. The summed E-state index contributed by atoms with van der Waals surface area (Å²) in [5.41, 5.74) is 2.45. The van der Waals surface area contributed by atoms with Crippen molar-refractivity contribution in [3.05, 3.63) is 10.9 Å². The molecule has 2 aromatic rings. The maximum absolute atomic E-state index is 5.66. The van der Waals surface area contributed by atoms with Gasteiger partial charge in [-0.25, -0.2) is 10.8 Å². The van der Waals surface area contributed by atoms with E-state index >= 15 is 0 Å². The third kappa shape index (κ3) is 3.52. The molecule has 0 aliphatic carbocycles. The molecule has 0 aromatic carbocycles. The van der Waals surface area contributed by atoms with Crippen molar-refractivity contribution in [2.24, 2.45) is 5.84 Å². The second-order valence-electron chi connectivity index (χ2n) is 4.34. The first-order valence-electron chi connectivity index (χ1n) is 6.09. The van der Waals surface area contributed by atoms with Gasteiger partial charge in [-0.05, 0) is 26.8 Å². The summed E-state index contributed by atoms with van der Waals surface area (Å²) < 4.78 is 11.1. The number of thiophene rings is 1. The van der Waals surface area contributed by atoms with Gasteiger partial charge in [0, 0.05) is 4.88 Å². The minimum absolute atomic E-state index is 0.193. The van der Waals surface area contributed by atoms with Crippen LogP contribution in [0.25, 0.3) is 10.2 Å². The van der Waals surface area contributed by atoms with Crippen molar-refractivity contribution in [1.82, 2.24) is 9.97 Å². The zero-order valence-corrected chi connectivity index (χ0v) is 12.1. The Hall–Kier alpha value is -1.44. The number of ether oxygens (including phenoxy) is 2. The molecule has 2 rings (SSSR count). The Labute approximate surface area is 115 Å². The van der Waals surface area contributed by atoms with Gasteiger partial charge in [0.2, 0.25) is 11.8 Å². The fourth-order valence-corrected chi connectivity index (χ4v) is 2.48. The average Bonchev–Trinajstić information content (AvgIpc) is 2.74. The lowest BCUT2D eigenvalue weighted by Crippen LogP contribution is -2.14. The number of nitrogens with one attached hydrogen (secondary N) is 1. The van der Waals surface area contributed by atoms with Crippen molar-refractivity contribution in [2.45, 2.75) is 26.9 Å². The Morgan fingerprint density at radius 2 is 2.16 bits per heavy atom. The highest BCUT2D eigenvalue weighted by Gasteiger charge is 2.11. The molecule has 0 bridgehead atoms. The highest BCUT2D eigenvalue weighted by molar-refractivity contribution is 7.18. The first-order valence-corrected chi connectivity index (χ1v) is 6.91. The molecule has 7 heteroatoms. The number of hydrogen-bond donors (Lipinski definition) is 2. The molecular weight excluding hydrogens is 264 g/mol. The van der Waals surface area contributed by atoms with E-state index in [1.807, 2.05) is 26.8 Å². The Morgan fingerprint density at radius 3 is 2.84 bits per heavy atom. The fourth-order valence-electron chi connectivity index (χ4n) is 1.61. The van der Waals surface area contributed by atoms with Crippen LogP contribution >= 0.6 is 11.3 Å². The standard InChI is InChI=1S/C12H18N4O2S/c1-7(2)17-4-5-18-10-9-6-8(3)19-11(9)15-12(14-10)16-13/h6-7H,4-5,13H2,1-3H3,(H,14,15,16). The molecule has 0 fully saturated rings. The van der Waals surface area contributed by atoms with Gasteiger partial charge in [0.1, 0.15) is 11.4 Å². The van der Waals surface area contributed by atoms with E-state index in [-0.39, 0.29) is 6.10 Å². The van der Waals surface area contributed by atoms with Crippen LogP contribution in [0.3, 0.4) is 0 Å². The summed E-state index contributed by atoms with van der Waals surface area (Å²) in [7, 11) is 0. The normalized spacial score (nSPS) is 11.2. The molecule has 0 saturated carbocycles. The minimum Gasteiger partial charge on any atom is -0.475 e. The van der Waals surface area contributed by atoms with Gasteiger partial charge in [0.15, 0.2) is 0 Å². The van der Waals surface area contributed by atoms with Crippen LogP contribution < -0.4 is 16.0 Å². The number of hydrogen-bond acceptors (Lipinski definition) is 7. The van der Waals surface area contributed by atoms with Gasteiger partial charge in [0.05, 0.1) is 18.1 Å². The van der Waals surface area contributed by atoms with Gasteiger partial charge < -0.3 is 9.47 Å². The lowest BCUT2D eigenvalue weighted by atomic mass is 10.3. The van der Waals surface area contributed by atoms with E-state index < -0.39 is 0 Å².